The Morgan fingerprint density at radius 1 is 1.41 bits per heavy atom. The first-order valence-corrected chi connectivity index (χ1v) is 5.34. The van der Waals surface area contributed by atoms with Crippen molar-refractivity contribution in [2.45, 2.75) is 0 Å². The van der Waals surface area contributed by atoms with Gasteiger partial charge in [0.15, 0.2) is 0 Å². The molecule has 88 valence electrons. The molecule has 0 aliphatic carbocycles. The van der Waals surface area contributed by atoms with Gasteiger partial charge in [0.25, 0.3) is 0 Å². The standard InChI is InChI=1S/C11H12ClN5/c1-13-11(12)10-4-8(7-17(10)14-2)9-5-15-16(3)6-9/h4-7H,2H2,1,3H3. The number of aliphatic imine (C=N–C) groups is 1. The molecule has 2 aromatic rings. The van der Waals surface area contributed by atoms with Gasteiger partial charge in [0.05, 0.1) is 6.20 Å². The Morgan fingerprint density at radius 2 is 2.18 bits per heavy atom. The van der Waals surface area contributed by atoms with E-state index in [1.165, 1.54) is 0 Å². The van der Waals surface area contributed by atoms with Gasteiger partial charge in [0, 0.05) is 44.3 Å². The lowest BCUT2D eigenvalue weighted by Crippen LogP contribution is -1.98. The Kier molecular flexibility index (Phi) is 3.10. The number of aryl methyl sites for hydroxylation is 1. The lowest BCUT2D eigenvalue weighted by Gasteiger charge is -1.97. The monoisotopic (exact) mass is 249 g/mol. The fourth-order valence-electron chi connectivity index (χ4n) is 1.57. The Balaban J connectivity index is 2.51. The minimum atomic E-state index is 0.396. The minimum absolute atomic E-state index is 0.396. The third-order valence-electron chi connectivity index (χ3n) is 2.40. The first kappa shape index (κ1) is 11.6. The second-order valence-corrected chi connectivity index (χ2v) is 3.88. The highest BCUT2D eigenvalue weighted by atomic mass is 35.5. The van der Waals surface area contributed by atoms with Crippen LogP contribution in [0.1, 0.15) is 5.69 Å². The lowest BCUT2D eigenvalue weighted by atomic mass is 10.2. The van der Waals surface area contributed by atoms with Crippen molar-refractivity contribution in [3.63, 3.8) is 0 Å². The highest BCUT2D eigenvalue weighted by Gasteiger charge is 2.11. The molecule has 2 rings (SSSR count). The summed E-state index contributed by atoms with van der Waals surface area (Å²) in [7, 11) is 3.50. The molecule has 0 amide bonds. The van der Waals surface area contributed by atoms with Crippen LogP contribution < -0.4 is 0 Å². The molecule has 6 heteroatoms. The number of nitrogens with zero attached hydrogens (tertiary/aromatic N) is 5. The largest absolute Gasteiger partial charge is 0.275 e. The molecule has 2 aromatic heterocycles. The second kappa shape index (κ2) is 4.55. The maximum atomic E-state index is 6.00. The summed E-state index contributed by atoms with van der Waals surface area (Å²) >= 11 is 6.00. The Labute approximate surface area is 104 Å². The van der Waals surface area contributed by atoms with Crippen molar-refractivity contribution in [1.82, 2.24) is 14.5 Å². The Hall–Kier alpha value is -1.88. The zero-order chi connectivity index (χ0) is 12.4. The van der Waals surface area contributed by atoms with E-state index in [2.05, 4.69) is 21.9 Å². The first-order valence-electron chi connectivity index (χ1n) is 4.96. The van der Waals surface area contributed by atoms with Crippen LogP contribution in [0.5, 0.6) is 0 Å². The van der Waals surface area contributed by atoms with Gasteiger partial charge >= 0.3 is 0 Å². The molecule has 0 saturated carbocycles. The molecule has 17 heavy (non-hydrogen) atoms. The number of rotatable bonds is 3. The number of aromatic nitrogens is 3. The van der Waals surface area contributed by atoms with Crippen LogP contribution in [-0.4, -0.2) is 33.4 Å². The molecule has 0 bridgehead atoms. The van der Waals surface area contributed by atoms with Crippen molar-refractivity contribution in [2.75, 3.05) is 7.05 Å². The van der Waals surface area contributed by atoms with Crippen LogP contribution in [0.25, 0.3) is 11.1 Å². The van der Waals surface area contributed by atoms with Crippen molar-refractivity contribution in [1.29, 1.82) is 0 Å². The summed E-state index contributed by atoms with van der Waals surface area (Å²) < 4.78 is 3.33. The van der Waals surface area contributed by atoms with E-state index in [9.17, 15) is 0 Å². The summed E-state index contributed by atoms with van der Waals surface area (Å²) in [6.07, 6.45) is 5.54. The van der Waals surface area contributed by atoms with Crippen molar-refractivity contribution in [3.8, 4) is 11.1 Å². The van der Waals surface area contributed by atoms with Gasteiger partial charge in [-0.3, -0.25) is 9.67 Å². The van der Waals surface area contributed by atoms with E-state index in [1.54, 1.807) is 22.6 Å². The van der Waals surface area contributed by atoms with Crippen LogP contribution in [0, 0.1) is 0 Å². The van der Waals surface area contributed by atoms with Crippen LogP contribution in [0.3, 0.4) is 0 Å². The van der Waals surface area contributed by atoms with Crippen LogP contribution in [0.2, 0.25) is 0 Å². The van der Waals surface area contributed by atoms with Crippen molar-refractivity contribution >= 4 is 23.5 Å². The fourth-order valence-corrected chi connectivity index (χ4v) is 1.71. The highest BCUT2D eigenvalue weighted by Crippen LogP contribution is 2.22. The van der Waals surface area contributed by atoms with Gasteiger partial charge in [-0.2, -0.15) is 10.2 Å². The van der Waals surface area contributed by atoms with Gasteiger partial charge in [0.1, 0.15) is 10.9 Å². The van der Waals surface area contributed by atoms with E-state index in [0.717, 1.165) is 11.1 Å². The normalized spacial score (nSPS) is 11.8. The first-order chi connectivity index (χ1) is 8.15. The van der Waals surface area contributed by atoms with E-state index < -0.39 is 0 Å². The SMILES string of the molecule is C=Nn1cc(-c2cnn(C)c2)cc1C(Cl)=NC. The summed E-state index contributed by atoms with van der Waals surface area (Å²) in [5, 5.41) is 8.38. The molecule has 0 N–H and O–H groups in total. The maximum Gasteiger partial charge on any atom is 0.149 e. The molecule has 0 unspecified atom stereocenters. The highest BCUT2D eigenvalue weighted by molar-refractivity contribution is 6.69. The molecule has 5 nitrogen and oxygen atoms in total. The number of hydrogen-bond donors (Lipinski definition) is 0. The van der Waals surface area contributed by atoms with E-state index >= 15 is 0 Å². The van der Waals surface area contributed by atoms with Gasteiger partial charge in [0.2, 0.25) is 0 Å². The van der Waals surface area contributed by atoms with Gasteiger partial charge in [-0.1, -0.05) is 11.6 Å². The van der Waals surface area contributed by atoms with E-state index in [4.69, 9.17) is 11.6 Å². The molecular formula is C11H12ClN5. The van der Waals surface area contributed by atoms with Crippen molar-refractivity contribution < 1.29 is 0 Å². The Morgan fingerprint density at radius 3 is 2.71 bits per heavy atom. The molecular weight excluding hydrogens is 238 g/mol. The lowest BCUT2D eigenvalue weighted by molar-refractivity contribution is 0.768. The molecule has 0 radical (unpaired) electrons. The summed E-state index contributed by atoms with van der Waals surface area (Å²) in [6, 6.07) is 1.90. The minimum Gasteiger partial charge on any atom is -0.275 e. The molecule has 0 atom stereocenters. The van der Waals surface area contributed by atoms with Crippen LogP contribution >= 0.6 is 11.6 Å². The molecule has 0 fully saturated rings. The van der Waals surface area contributed by atoms with Crippen LogP contribution in [0.4, 0.5) is 0 Å². The van der Waals surface area contributed by atoms with E-state index in [-0.39, 0.29) is 0 Å². The van der Waals surface area contributed by atoms with E-state index in [1.807, 2.05) is 25.5 Å². The predicted molar refractivity (Wildman–Crippen MR) is 69.9 cm³/mol. The van der Waals surface area contributed by atoms with Crippen LogP contribution in [0.15, 0.2) is 34.8 Å². The average molecular weight is 250 g/mol. The van der Waals surface area contributed by atoms with Gasteiger partial charge in [-0.05, 0) is 6.07 Å². The van der Waals surface area contributed by atoms with Gasteiger partial charge < -0.3 is 0 Å². The molecule has 0 spiro atoms. The summed E-state index contributed by atoms with van der Waals surface area (Å²) in [4.78, 5) is 3.93. The number of hydrogen-bond acceptors (Lipinski definition) is 3. The molecule has 2 heterocycles. The quantitative estimate of drug-likeness (QED) is 0.767. The fraction of sp³-hybridized carbons (Fsp3) is 0.182. The zero-order valence-corrected chi connectivity index (χ0v) is 10.4. The molecule has 0 saturated heterocycles. The Bertz CT molecular complexity index is 578. The smallest absolute Gasteiger partial charge is 0.149 e. The summed E-state index contributed by atoms with van der Waals surface area (Å²) in [6.45, 7) is 3.50. The van der Waals surface area contributed by atoms with Crippen LogP contribution in [-0.2, 0) is 7.05 Å². The van der Waals surface area contributed by atoms with Gasteiger partial charge in [-0.25, -0.2) is 4.68 Å². The van der Waals surface area contributed by atoms with Crippen molar-refractivity contribution in [3.05, 3.63) is 30.4 Å². The third kappa shape index (κ3) is 2.14. The third-order valence-corrected chi connectivity index (χ3v) is 2.76. The average Bonchev–Trinajstić information content (AvgIpc) is 2.93. The van der Waals surface area contributed by atoms with Gasteiger partial charge in [-0.15, -0.1) is 0 Å². The molecule has 0 aliphatic rings. The summed E-state index contributed by atoms with van der Waals surface area (Å²) in [5.74, 6) is 0. The maximum absolute atomic E-state index is 6.00. The van der Waals surface area contributed by atoms with E-state index in [0.29, 0.717) is 10.9 Å². The molecule has 0 aliphatic heterocycles. The molecule has 0 aromatic carbocycles. The summed E-state index contributed by atoms with van der Waals surface area (Å²) in [5.41, 5.74) is 2.68. The van der Waals surface area contributed by atoms with Crippen molar-refractivity contribution in [2.24, 2.45) is 17.1 Å². The number of halogens is 1. The second-order valence-electron chi connectivity index (χ2n) is 3.52. The topological polar surface area (TPSA) is 47.5 Å². The zero-order valence-electron chi connectivity index (χ0n) is 9.63. The predicted octanol–water partition coefficient (Wildman–Crippen LogP) is 1.97.